The number of thioether (sulfide) groups is 1. The van der Waals surface area contributed by atoms with Crippen LogP contribution in [0.3, 0.4) is 0 Å². The van der Waals surface area contributed by atoms with Gasteiger partial charge in [0.25, 0.3) is 0 Å². The second-order valence-corrected chi connectivity index (χ2v) is 8.11. The molecule has 2 aliphatic heterocycles. The molecule has 2 amide bonds. The minimum Gasteiger partial charge on any atom is -0.333 e. The predicted octanol–water partition coefficient (Wildman–Crippen LogP) is 2.40. The molecule has 0 spiro atoms. The van der Waals surface area contributed by atoms with E-state index in [1.54, 1.807) is 0 Å². The number of hydrogen-bond donors (Lipinski definition) is 1. The Morgan fingerprint density at radius 3 is 2.55 bits per heavy atom. The molecule has 2 saturated heterocycles. The number of urea groups is 1. The molecule has 2 fully saturated rings. The number of amides is 2. The molecule has 5 heteroatoms. The number of rotatable bonds is 2. The van der Waals surface area contributed by atoms with Crippen LogP contribution < -0.4 is 5.32 Å². The van der Waals surface area contributed by atoms with Crippen molar-refractivity contribution < 1.29 is 4.79 Å². The summed E-state index contributed by atoms with van der Waals surface area (Å²) in [6.07, 6.45) is 3.74. The van der Waals surface area contributed by atoms with Gasteiger partial charge in [0.15, 0.2) is 0 Å². The molecule has 0 saturated carbocycles. The molecule has 2 heterocycles. The first-order chi connectivity index (χ1) is 9.46. The molecular formula is C15H29N3OS. The quantitative estimate of drug-likeness (QED) is 0.850. The van der Waals surface area contributed by atoms with Gasteiger partial charge in [0.05, 0.1) is 6.04 Å². The Hall–Kier alpha value is -0.420. The Labute approximate surface area is 127 Å². The lowest BCUT2D eigenvalue weighted by Crippen LogP contribution is -2.55. The van der Waals surface area contributed by atoms with Gasteiger partial charge in [-0.1, -0.05) is 0 Å². The molecule has 2 rings (SSSR count). The SMILES string of the molecule is CC(C)(C)NC(=O)N1CCCSCC1CN1CCCC1. The highest BCUT2D eigenvalue weighted by Crippen LogP contribution is 2.20. The van der Waals surface area contributed by atoms with Crippen LogP contribution in [-0.2, 0) is 0 Å². The normalized spacial score (nSPS) is 25.6. The monoisotopic (exact) mass is 299 g/mol. The van der Waals surface area contributed by atoms with Crippen LogP contribution in [0.5, 0.6) is 0 Å². The van der Waals surface area contributed by atoms with Crippen LogP contribution in [0.2, 0.25) is 0 Å². The van der Waals surface area contributed by atoms with Crippen molar-refractivity contribution in [3.8, 4) is 0 Å². The summed E-state index contributed by atoms with van der Waals surface area (Å²) in [5, 5.41) is 3.13. The maximum Gasteiger partial charge on any atom is 0.318 e. The maximum atomic E-state index is 12.5. The van der Waals surface area contributed by atoms with Crippen molar-refractivity contribution in [1.82, 2.24) is 15.1 Å². The van der Waals surface area contributed by atoms with Gasteiger partial charge in [-0.05, 0) is 58.9 Å². The Balaban J connectivity index is 1.98. The molecule has 0 radical (unpaired) electrons. The lowest BCUT2D eigenvalue weighted by atomic mass is 10.1. The van der Waals surface area contributed by atoms with Crippen LogP contribution in [-0.4, -0.2) is 65.1 Å². The van der Waals surface area contributed by atoms with E-state index < -0.39 is 0 Å². The van der Waals surface area contributed by atoms with Crippen LogP contribution in [0.15, 0.2) is 0 Å². The van der Waals surface area contributed by atoms with Gasteiger partial charge in [-0.2, -0.15) is 11.8 Å². The van der Waals surface area contributed by atoms with Gasteiger partial charge in [-0.15, -0.1) is 0 Å². The highest BCUT2D eigenvalue weighted by molar-refractivity contribution is 7.99. The van der Waals surface area contributed by atoms with Gasteiger partial charge in [-0.25, -0.2) is 4.79 Å². The molecule has 1 atom stereocenters. The van der Waals surface area contributed by atoms with E-state index in [1.807, 2.05) is 32.5 Å². The molecule has 116 valence electrons. The summed E-state index contributed by atoms with van der Waals surface area (Å²) in [5.74, 6) is 2.25. The molecule has 1 N–H and O–H groups in total. The third kappa shape index (κ3) is 4.85. The number of nitrogens with one attached hydrogen (secondary N) is 1. The topological polar surface area (TPSA) is 35.6 Å². The second kappa shape index (κ2) is 7.03. The molecule has 1 unspecified atom stereocenters. The fourth-order valence-corrected chi connectivity index (χ4v) is 3.96. The van der Waals surface area contributed by atoms with Crippen LogP contribution in [0.4, 0.5) is 4.79 Å². The number of nitrogens with zero attached hydrogens (tertiary/aromatic N) is 2. The predicted molar refractivity (Wildman–Crippen MR) is 86.4 cm³/mol. The zero-order valence-corrected chi connectivity index (χ0v) is 14.0. The van der Waals surface area contributed by atoms with Gasteiger partial charge >= 0.3 is 6.03 Å². The molecular weight excluding hydrogens is 270 g/mol. The summed E-state index contributed by atoms with van der Waals surface area (Å²) >= 11 is 2.00. The Morgan fingerprint density at radius 1 is 1.20 bits per heavy atom. The van der Waals surface area contributed by atoms with Gasteiger partial charge in [-0.3, -0.25) is 0 Å². The molecule has 2 aliphatic rings. The van der Waals surface area contributed by atoms with Gasteiger partial charge in [0.1, 0.15) is 0 Å². The average Bonchev–Trinajstić information content (AvgIpc) is 2.72. The lowest BCUT2D eigenvalue weighted by molar-refractivity contribution is 0.155. The molecule has 4 nitrogen and oxygen atoms in total. The molecule has 0 aromatic heterocycles. The van der Waals surface area contributed by atoms with E-state index in [2.05, 4.69) is 15.1 Å². The number of carbonyl (C=O) groups excluding carboxylic acids is 1. The van der Waals surface area contributed by atoms with Crippen LogP contribution in [0.1, 0.15) is 40.0 Å². The van der Waals surface area contributed by atoms with E-state index in [1.165, 1.54) is 31.7 Å². The minimum atomic E-state index is -0.158. The molecule has 0 aromatic carbocycles. The summed E-state index contributed by atoms with van der Waals surface area (Å²) in [7, 11) is 0. The van der Waals surface area contributed by atoms with Crippen molar-refractivity contribution in [2.24, 2.45) is 0 Å². The third-order valence-corrected chi connectivity index (χ3v) is 5.05. The van der Waals surface area contributed by atoms with Crippen LogP contribution in [0, 0.1) is 0 Å². The van der Waals surface area contributed by atoms with Crippen molar-refractivity contribution in [3.63, 3.8) is 0 Å². The van der Waals surface area contributed by atoms with Crippen molar-refractivity contribution in [2.45, 2.75) is 51.6 Å². The number of likely N-dealkylation sites (tertiary alicyclic amines) is 1. The smallest absolute Gasteiger partial charge is 0.318 e. The van der Waals surface area contributed by atoms with Crippen molar-refractivity contribution in [1.29, 1.82) is 0 Å². The zero-order valence-electron chi connectivity index (χ0n) is 13.2. The number of carbonyl (C=O) groups is 1. The zero-order chi connectivity index (χ0) is 14.6. The summed E-state index contributed by atoms with van der Waals surface area (Å²) in [4.78, 5) is 17.1. The van der Waals surface area contributed by atoms with E-state index in [9.17, 15) is 4.79 Å². The van der Waals surface area contributed by atoms with E-state index in [4.69, 9.17) is 0 Å². The van der Waals surface area contributed by atoms with Crippen LogP contribution >= 0.6 is 11.8 Å². The second-order valence-electron chi connectivity index (χ2n) is 6.96. The van der Waals surface area contributed by atoms with Gasteiger partial charge in [0, 0.05) is 24.4 Å². The fraction of sp³-hybridized carbons (Fsp3) is 0.933. The first-order valence-corrected chi connectivity index (χ1v) is 9.00. The van der Waals surface area contributed by atoms with Crippen molar-refractivity contribution in [2.75, 3.05) is 37.7 Å². The van der Waals surface area contributed by atoms with Gasteiger partial charge in [0.2, 0.25) is 0 Å². The molecule has 0 aromatic rings. The molecule has 0 aliphatic carbocycles. The minimum absolute atomic E-state index is 0.115. The Kier molecular flexibility index (Phi) is 5.61. The summed E-state index contributed by atoms with van der Waals surface area (Å²) in [6, 6.07) is 0.479. The highest BCUT2D eigenvalue weighted by Gasteiger charge is 2.29. The van der Waals surface area contributed by atoms with Crippen LogP contribution in [0.25, 0.3) is 0 Å². The standard InChI is InChI=1S/C15H29N3OS/c1-15(2,3)16-14(19)18-9-6-10-20-12-13(18)11-17-7-4-5-8-17/h13H,4-12H2,1-3H3,(H,16,19). The Morgan fingerprint density at radius 2 is 1.90 bits per heavy atom. The van der Waals surface area contributed by atoms with E-state index in [0.717, 1.165) is 25.3 Å². The van der Waals surface area contributed by atoms with E-state index in [0.29, 0.717) is 6.04 Å². The number of hydrogen-bond acceptors (Lipinski definition) is 3. The summed E-state index contributed by atoms with van der Waals surface area (Å²) < 4.78 is 0. The van der Waals surface area contributed by atoms with E-state index in [-0.39, 0.29) is 11.6 Å². The fourth-order valence-electron chi connectivity index (χ4n) is 2.90. The first kappa shape index (κ1) is 16.0. The van der Waals surface area contributed by atoms with Crippen molar-refractivity contribution >= 4 is 17.8 Å². The average molecular weight is 299 g/mol. The summed E-state index contributed by atoms with van der Waals surface area (Å²) in [6.45, 7) is 10.5. The van der Waals surface area contributed by atoms with Crippen molar-refractivity contribution in [3.05, 3.63) is 0 Å². The molecule has 20 heavy (non-hydrogen) atoms. The first-order valence-electron chi connectivity index (χ1n) is 7.84. The lowest BCUT2D eigenvalue weighted by Gasteiger charge is -2.35. The third-order valence-electron chi connectivity index (χ3n) is 3.85. The maximum absolute atomic E-state index is 12.5. The summed E-state index contributed by atoms with van der Waals surface area (Å²) in [5.41, 5.74) is -0.158. The van der Waals surface area contributed by atoms with Gasteiger partial charge < -0.3 is 15.1 Å². The van der Waals surface area contributed by atoms with E-state index >= 15 is 0 Å². The Bertz CT molecular complexity index is 324. The molecule has 0 bridgehead atoms. The highest BCUT2D eigenvalue weighted by atomic mass is 32.2. The largest absolute Gasteiger partial charge is 0.333 e.